The average Bonchev–Trinajstić information content (AvgIpc) is 3.42. The molecule has 0 saturated heterocycles. The van der Waals surface area contributed by atoms with Crippen LogP contribution in [0.2, 0.25) is 0 Å². The van der Waals surface area contributed by atoms with E-state index in [-0.39, 0.29) is 10.9 Å². The maximum atomic E-state index is 13.2. The second kappa shape index (κ2) is 7.72. The molecule has 10 heteroatoms. The zero-order valence-electron chi connectivity index (χ0n) is 18.0. The number of imidazole rings is 1. The third-order valence-corrected chi connectivity index (χ3v) is 7.81. The summed E-state index contributed by atoms with van der Waals surface area (Å²) < 4.78 is 29.9. The first kappa shape index (κ1) is 20.7. The molecular formula is C22H25N7O2S. The third-order valence-electron chi connectivity index (χ3n) is 6.13. The minimum absolute atomic E-state index is 0.186. The van der Waals surface area contributed by atoms with Gasteiger partial charge in [0.2, 0.25) is 0 Å². The van der Waals surface area contributed by atoms with Gasteiger partial charge in [-0.3, -0.25) is 0 Å². The molecule has 2 N–H and O–H groups in total. The molecule has 1 aliphatic rings. The molecule has 5 rings (SSSR count). The highest BCUT2D eigenvalue weighted by molar-refractivity contribution is 7.90. The molecule has 9 nitrogen and oxygen atoms in total. The van der Waals surface area contributed by atoms with Crippen LogP contribution in [0.15, 0.2) is 53.9 Å². The maximum Gasteiger partial charge on any atom is 0.269 e. The number of fused-ring (bicyclic) bond motifs is 2. The molecule has 1 atom stereocenters. The molecule has 3 aromatic heterocycles. The third kappa shape index (κ3) is 3.35. The minimum Gasteiger partial charge on any atom is -0.356 e. The molecule has 1 aliphatic heterocycles. The molecule has 0 amide bonds. The number of likely N-dealkylation sites (N-methyl/N-ethyl adjacent to an activating group) is 1. The molecule has 0 radical (unpaired) electrons. The van der Waals surface area contributed by atoms with Gasteiger partial charge in [-0.1, -0.05) is 17.7 Å². The fourth-order valence-electron chi connectivity index (χ4n) is 4.29. The standard InChI is InChI=1S/C22H25N7O2S/c1-15-3-5-18(6-4-15)32(30,31)29-10-8-19-21(24-14-25-22(19)29)27(2)17-7-9-28-13-16(12-23)26-20(28)11-17/h3-6,8,10,13-14,17H,7,9,11-12,23H2,1-2H3. The van der Waals surface area contributed by atoms with Crippen LogP contribution in [0.25, 0.3) is 11.0 Å². The number of aromatic nitrogens is 5. The summed E-state index contributed by atoms with van der Waals surface area (Å²) in [6.07, 6.45) is 6.69. The van der Waals surface area contributed by atoms with Crippen LogP contribution in [0.1, 0.15) is 23.5 Å². The molecular weight excluding hydrogens is 426 g/mol. The summed E-state index contributed by atoms with van der Waals surface area (Å²) in [4.78, 5) is 15.8. The van der Waals surface area contributed by atoms with E-state index in [0.29, 0.717) is 23.4 Å². The second-order valence-electron chi connectivity index (χ2n) is 8.17. The van der Waals surface area contributed by atoms with Crippen molar-refractivity contribution in [3.63, 3.8) is 0 Å². The fraction of sp³-hybridized carbons (Fsp3) is 0.318. The van der Waals surface area contributed by atoms with Gasteiger partial charge in [-0.2, -0.15) is 0 Å². The molecule has 1 unspecified atom stereocenters. The van der Waals surface area contributed by atoms with Gasteiger partial charge in [-0.15, -0.1) is 0 Å². The first-order chi connectivity index (χ1) is 15.4. The van der Waals surface area contributed by atoms with Crippen LogP contribution in [-0.2, 0) is 29.5 Å². The Morgan fingerprint density at radius 1 is 1.19 bits per heavy atom. The van der Waals surface area contributed by atoms with Crippen molar-refractivity contribution >= 4 is 26.9 Å². The number of nitrogens with zero attached hydrogens (tertiary/aromatic N) is 6. The Morgan fingerprint density at radius 3 is 2.72 bits per heavy atom. The number of aryl methyl sites for hydroxylation is 2. The molecule has 4 heterocycles. The van der Waals surface area contributed by atoms with E-state index in [4.69, 9.17) is 5.73 Å². The van der Waals surface area contributed by atoms with Gasteiger partial charge in [0, 0.05) is 45.0 Å². The number of anilines is 1. The number of nitrogens with two attached hydrogens (primary N) is 1. The van der Waals surface area contributed by atoms with Gasteiger partial charge in [-0.25, -0.2) is 27.3 Å². The number of hydrogen-bond donors (Lipinski definition) is 1. The Hall–Kier alpha value is -3.24. The second-order valence-corrected chi connectivity index (χ2v) is 9.98. The van der Waals surface area contributed by atoms with Gasteiger partial charge in [0.05, 0.1) is 16.0 Å². The average molecular weight is 452 g/mol. The Labute approximate surface area is 186 Å². The Bertz CT molecular complexity index is 1390. The monoisotopic (exact) mass is 451 g/mol. The van der Waals surface area contributed by atoms with Crippen LogP contribution in [0, 0.1) is 6.92 Å². The van der Waals surface area contributed by atoms with E-state index in [0.717, 1.165) is 36.5 Å². The van der Waals surface area contributed by atoms with Crippen LogP contribution < -0.4 is 10.6 Å². The van der Waals surface area contributed by atoms with E-state index >= 15 is 0 Å². The van der Waals surface area contributed by atoms with Gasteiger partial charge in [0.15, 0.2) is 5.65 Å². The fourth-order valence-corrected chi connectivity index (χ4v) is 5.59. The molecule has 0 spiro atoms. The lowest BCUT2D eigenvalue weighted by Gasteiger charge is -2.32. The number of rotatable bonds is 5. The smallest absolute Gasteiger partial charge is 0.269 e. The quantitative estimate of drug-likeness (QED) is 0.494. The summed E-state index contributed by atoms with van der Waals surface area (Å²) in [5, 5.41) is 0.697. The molecule has 1 aromatic carbocycles. The summed E-state index contributed by atoms with van der Waals surface area (Å²) in [5.41, 5.74) is 8.00. The van der Waals surface area contributed by atoms with Gasteiger partial charge in [0.25, 0.3) is 10.0 Å². The largest absolute Gasteiger partial charge is 0.356 e. The molecule has 166 valence electrons. The lowest BCUT2D eigenvalue weighted by Crippen LogP contribution is -2.38. The highest BCUT2D eigenvalue weighted by atomic mass is 32.2. The van der Waals surface area contributed by atoms with Crippen molar-refractivity contribution in [2.45, 2.75) is 43.8 Å². The SMILES string of the molecule is Cc1ccc(S(=O)(=O)n2ccc3c(N(C)C4CCn5cc(CN)nc5C4)ncnc32)cc1. The van der Waals surface area contributed by atoms with Gasteiger partial charge < -0.3 is 15.2 Å². The first-order valence-corrected chi connectivity index (χ1v) is 11.9. The first-order valence-electron chi connectivity index (χ1n) is 10.5. The van der Waals surface area contributed by atoms with Crippen molar-refractivity contribution in [2.24, 2.45) is 5.73 Å². The summed E-state index contributed by atoms with van der Waals surface area (Å²) in [6.45, 7) is 3.20. The van der Waals surface area contributed by atoms with Crippen molar-refractivity contribution in [3.05, 3.63) is 66.1 Å². The predicted molar refractivity (Wildman–Crippen MR) is 122 cm³/mol. The zero-order valence-corrected chi connectivity index (χ0v) is 18.8. The zero-order chi connectivity index (χ0) is 22.5. The van der Waals surface area contributed by atoms with Crippen molar-refractivity contribution < 1.29 is 8.42 Å². The summed E-state index contributed by atoms with van der Waals surface area (Å²) in [7, 11) is -1.78. The van der Waals surface area contributed by atoms with Crippen molar-refractivity contribution in [1.29, 1.82) is 0 Å². The van der Waals surface area contributed by atoms with Crippen LogP contribution in [0.4, 0.5) is 5.82 Å². The van der Waals surface area contributed by atoms with Crippen LogP contribution in [0.5, 0.6) is 0 Å². The lowest BCUT2D eigenvalue weighted by atomic mass is 10.0. The van der Waals surface area contributed by atoms with E-state index in [1.165, 1.54) is 10.3 Å². The van der Waals surface area contributed by atoms with E-state index in [1.54, 1.807) is 36.5 Å². The topological polar surface area (TPSA) is 112 Å². The van der Waals surface area contributed by atoms with E-state index < -0.39 is 10.0 Å². The van der Waals surface area contributed by atoms with Gasteiger partial charge in [-0.05, 0) is 31.5 Å². The highest BCUT2D eigenvalue weighted by Crippen LogP contribution is 2.30. The Balaban J connectivity index is 1.50. The number of hydrogen-bond acceptors (Lipinski definition) is 7. The van der Waals surface area contributed by atoms with Crippen molar-refractivity contribution in [1.82, 2.24) is 23.5 Å². The predicted octanol–water partition coefficient (Wildman–Crippen LogP) is 2.08. The molecule has 0 aliphatic carbocycles. The van der Waals surface area contributed by atoms with Crippen molar-refractivity contribution in [2.75, 3.05) is 11.9 Å². The Morgan fingerprint density at radius 2 is 1.97 bits per heavy atom. The number of benzene rings is 1. The van der Waals surface area contributed by atoms with E-state index in [9.17, 15) is 8.42 Å². The minimum atomic E-state index is -3.76. The summed E-state index contributed by atoms with van der Waals surface area (Å²) in [5.74, 6) is 1.72. The van der Waals surface area contributed by atoms with Gasteiger partial charge >= 0.3 is 0 Å². The maximum absolute atomic E-state index is 13.2. The van der Waals surface area contributed by atoms with Gasteiger partial charge in [0.1, 0.15) is 18.0 Å². The molecule has 0 bridgehead atoms. The van der Waals surface area contributed by atoms with Crippen LogP contribution in [0.3, 0.4) is 0 Å². The highest BCUT2D eigenvalue weighted by Gasteiger charge is 2.27. The van der Waals surface area contributed by atoms with Crippen LogP contribution >= 0.6 is 0 Å². The summed E-state index contributed by atoms with van der Waals surface area (Å²) in [6, 6.07) is 8.76. The van der Waals surface area contributed by atoms with E-state index in [1.807, 2.05) is 20.2 Å². The molecule has 4 aromatic rings. The molecule has 0 saturated carbocycles. The summed E-state index contributed by atoms with van der Waals surface area (Å²) >= 11 is 0. The van der Waals surface area contributed by atoms with Crippen LogP contribution in [-0.4, -0.2) is 45.0 Å². The van der Waals surface area contributed by atoms with E-state index in [2.05, 4.69) is 24.4 Å². The normalized spacial score (nSPS) is 16.3. The van der Waals surface area contributed by atoms with Crippen molar-refractivity contribution in [3.8, 4) is 0 Å². The molecule has 32 heavy (non-hydrogen) atoms. The molecule has 0 fully saturated rings. The Kier molecular flexibility index (Phi) is 4.98. The lowest BCUT2D eigenvalue weighted by molar-refractivity contribution is 0.448.